The van der Waals surface area contributed by atoms with Crippen molar-refractivity contribution < 1.29 is 136 Å². The molecular weight excluding hydrogens is 897 g/mol. The first-order valence-corrected chi connectivity index (χ1v) is 21.4. The number of carbonyl (C=O) groups is 1. The fourth-order valence-corrected chi connectivity index (χ4v) is 7.73. The predicted molar refractivity (Wildman–Crippen MR) is 163 cm³/mol. The summed E-state index contributed by atoms with van der Waals surface area (Å²) in [5, 5.41) is 53.3. The summed E-state index contributed by atoms with van der Waals surface area (Å²) < 4.78 is 207. The number of ether oxygens (including phenoxy) is 6. The molecule has 0 saturated carbocycles. The first-order chi connectivity index (χ1) is 25.3. The number of rotatable bonds is 18. The molecule has 37 heteroatoms. The Morgan fingerprint density at radius 3 is 1.50 bits per heavy atom. The summed E-state index contributed by atoms with van der Waals surface area (Å²) in [6.07, 6.45) is -32.4. The van der Waals surface area contributed by atoms with Gasteiger partial charge >= 0.3 is 57.8 Å². The van der Waals surface area contributed by atoms with Gasteiger partial charge in [0.05, 0.1) is 13.2 Å². The van der Waals surface area contributed by atoms with Gasteiger partial charge in [-0.3, -0.25) is 22.8 Å². The minimum Gasteiger partial charge on any atom is -0.479 e. The maximum Gasteiger partial charge on any atom is 0.397 e. The fraction of sp³-hybridized carbons (Fsp3) is 0.947. The average molecular weight is 931 g/mol. The monoisotopic (exact) mass is 930 g/mol. The molecule has 0 amide bonds. The maximum atomic E-state index is 12.4. The van der Waals surface area contributed by atoms with Crippen LogP contribution in [0.5, 0.6) is 0 Å². The second kappa shape index (κ2) is 18.4. The Bertz CT molecular complexity index is 1920. The first-order valence-electron chi connectivity index (χ1n) is 14.4. The van der Waals surface area contributed by atoms with E-state index in [1.807, 2.05) is 0 Å². The molecule has 3 aliphatic heterocycles. The molecule has 15 atom stereocenters. The van der Waals surface area contributed by atoms with Crippen LogP contribution in [0.1, 0.15) is 0 Å². The zero-order valence-electron chi connectivity index (χ0n) is 27.3. The number of aliphatic hydroxyl groups excluding tert-OH is 4. The molecule has 3 rings (SSSR count). The molecule has 3 fully saturated rings. The van der Waals surface area contributed by atoms with Crippen molar-refractivity contribution in [1.82, 2.24) is 9.44 Å². The van der Waals surface area contributed by atoms with Gasteiger partial charge in [-0.15, -0.1) is 0 Å². The van der Waals surface area contributed by atoms with Crippen molar-refractivity contribution in [2.45, 2.75) is 92.0 Å². The second-order valence-corrected chi connectivity index (χ2v) is 17.0. The average Bonchev–Trinajstić information content (AvgIpc) is 3.00. The van der Waals surface area contributed by atoms with E-state index in [1.165, 1.54) is 9.44 Å². The molecule has 3 heterocycles. The Kier molecular flexibility index (Phi) is 16.0. The van der Waals surface area contributed by atoms with Crippen molar-refractivity contribution in [1.29, 1.82) is 0 Å². The number of carboxylic acids is 1. The van der Waals surface area contributed by atoms with E-state index < -0.39 is 163 Å². The van der Waals surface area contributed by atoms with Gasteiger partial charge < -0.3 is 54.0 Å². The minimum absolute atomic E-state index is 0.857. The number of nitrogens with one attached hydrogen (secondary N) is 2. The summed E-state index contributed by atoms with van der Waals surface area (Å²) in [6, 6.07) is -4.71. The van der Waals surface area contributed by atoms with E-state index in [1.54, 1.807) is 0 Å². The van der Waals surface area contributed by atoms with Crippen LogP contribution in [0.4, 0.5) is 0 Å². The van der Waals surface area contributed by atoms with Crippen LogP contribution in [-0.4, -0.2) is 209 Å². The van der Waals surface area contributed by atoms with Crippen molar-refractivity contribution in [3.63, 3.8) is 0 Å². The van der Waals surface area contributed by atoms with Gasteiger partial charge in [-0.1, -0.05) is 0 Å². The summed E-state index contributed by atoms with van der Waals surface area (Å²) in [5.41, 5.74) is 0. The van der Waals surface area contributed by atoms with E-state index >= 15 is 0 Å². The standard InChI is InChI=1S/C19H34N2O30S5/c1-43-11-4(2-44-54(34,35)36)47-18(7(9(11)23)21-53(31,32)33)49-13-10(24)14(51-56(40,41)42)19(50-15(13)16(25)26)48-12-5(3-45-55(37,38)39)46-17(27)6(8(12)22)20-52(28,29)30/h4-15,17-24,27H,2-3H2,1H3,(H,25,26)(H,28,29,30)(H,31,32,33)(H,34,35,36)(H,37,38,39)(H,40,41,42). The fourth-order valence-electron chi connectivity index (χ4n) is 5.44. The Hall–Kier alpha value is -1.58. The molecule has 3 saturated heterocycles. The zero-order valence-corrected chi connectivity index (χ0v) is 31.3. The highest BCUT2D eigenvalue weighted by Crippen LogP contribution is 2.35. The molecule has 0 spiro atoms. The van der Waals surface area contributed by atoms with Crippen LogP contribution in [0.2, 0.25) is 0 Å². The second-order valence-electron chi connectivity index (χ2n) is 11.4. The molecule has 0 aromatic carbocycles. The highest BCUT2D eigenvalue weighted by Gasteiger charge is 2.58. The number of hydrogen-bond acceptors (Lipinski definition) is 24. The summed E-state index contributed by atoms with van der Waals surface area (Å²) in [7, 11) is -26.4. The molecular formula is C19H34N2O30S5. The van der Waals surface area contributed by atoms with Gasteiger partial charge in [-0.2, -0.15) is 51.5 Å². The van der Waals surface area contributed by atoms with Crippen LogP contribution < -0.4 is 9.44 Å². The van der Waals surface area contributed by atoms with E-state index in [-0.39, 0.29) is 0 Å². The largest absolute Gasteiger partial charge is 0.479 e. The Morgan fingerprint density at radius 1 is 0.589 bits per heavy atom. The van der Waals surface area contributed by atoms with Crippen molar-refractivity contribution in [3.8, 4) is 0 Å². The van der Waals surface area contributed by atoms with Crippen LogP contribution in [0.25, 0.3) is 0 Å². The topological polar surface area (TPSA) is 497 Å². The van der Waals surface area contributed by atoms with Crippen molar-refractivity contribution in [3.05, 3.63) is 0 Å². The lowest BCUT2D eigenvalue weighted by atomic mass is 9.95. The lowest BCUT2D eigenvalue weighted by Crippen LogP contribution is -2.70. The summed E-state index contributed by atoms with van der Waals surface area (Å²) in [6.45, 7) is -2.72. The number of aliphatic hydroxyl groups is 4. The highest BCUT2D eigenvalue weighted by molar-refractivity contribution is 7.84. The van der Waals surface area contributed by atoms with E-state index in [0.717, 1.165) is 7.11 Å². The molecule has 0 aromatic heterocycles. The van der Waals surface area contributed by atoms with Gasteiger partial charge in [0, 0.05) is 7.11 Å². The first kappa shape index (κ1) is 48.8. The van der Waals surface area contributed by atoms with Crippen LogP contribution in [0.3, 0.4) is 0 Å². The summed E-state index contributed by atoms with van der Waals surface area (Å²) in [4.78, 5) is 12.4. The van der Waals surface area contributed by atoms with E-state index in [0.29, 0.717) is 0 Å². The van der Waals surface area contributed by atoms with Gasteiger partial charge in [0.25, 0.3) is 0 Å². The molecule has 0 bridgehead atoms. The molecule has 12 N–H and O–H groups in total. The zero-order chi connectivity index (χ0) is 42.9. The third kappa shape index (κ3) is 14.0. The Morgan fingerprint density at radius 2 is 1.05 bits per heavy atom. The van der Waals surface area contributed by atoms with Gasteiger partial charge in [0.1, 0.15) is 60.9 Å². The normalized spacial score (nSPS) is 37.9. The summed E-state index contributed by atoms with van der Waals surface area (Å²) in [5.74, 6) is -2.21. The molecule has 0 aliphatic carbocycles. The van der Waals surface area contributed by atoms with Gasteiger partial charge in [0.15, 0.2) is 31.1 Å². The highest BCUT2D eigenvalue weighted by atomic mass is 32.3. The van der Waals surface area contributed by atoms with Gasteiger partial charge in [0.2, 0.25) is 0 Å². The van der Waals surface area contributed by atoms with Crippen molar-refractivity contribution >= 4 is 57.8 Å². The van der Waals surface area contributed by atoms with Crippen molar-refractivity contribution in [2.24, 2.45) is 0 Å². The number of methoxy groups -OCH3 is 1. The van der Waals surface area contributed by atoms with E-state index in [2.05, 4.69) is 12.5 Å². The molecule has 3 aliphatic rings. The van der Waals surface area contributed by atoms with E-state index in [4.69, 9.17) is 37.5 Å². The number of carboxylic acid groups (broad SMARTS) is 1. The van der Waals surface area contributed by atoms with Crippen LogP contribution >= 0.6 is 0 Å². The third-order valence-corrected chi connectivity index (χ3v) is 10.0. The maximum absolute atomic E-state index is 12.4. The lowest BCUT2D eigenvalue weighted by Gasteiger charge is -2.48. The lowest BCUT2D eigenvalue weighted by molar-refractivity contribution is -0.357. The Labute approximate surface area is 315 Å². The van der Waals surface area contributed by atoms with Crippen LogP contribution in [0.15, 0.2) is 0 Å². The number of aliphatic carboxylic acids is 1. The SMILES string of the molecule is COC1C(COS(=O)(=O)O)OC(OC2C(C(=O)O)OC(OC3C(COS(=O)(=O)O)OC(O)C(NS(=O)(=O)O)C3O)C(OS(=O)(=O)O)C2O)C(NS(=O)(=O)O)C1O. The molecule has 330 valence electrons. The molecule has 0 aromatic rings. The van der Waals surface area contributed by atoms with Crippen molar-refractivity contribution in [2.75, 3.05) is 20.3 Å². The van der Waals surface area contributed by atoms with Gasteiger partial charge in [-0.05, 0) is 0 Å². The Balaban J connectivity index is 2.09. The molecule has 56 heavy (non-hydrogen) atoms. The van der Waals surface area contributed by atoms with E-state index in [9.17, 15) is 86.1 Å². The smallest absolute Gasteiger partial charge is 0.397 e. The summed E-state index contributed by atoms with van der Waals surface area (Å²) >= 11 is 0. The molecule has 0 radical (unpaired) electrons. The predicted octanol–water partition coefficient (Wildman–Crippen LogP) is -8.55. The minimum atomic E-state index is -5.84. The third-order valence-electron chi connectivity index (χ3n) is 7.55. The van der Waals surface area contributed by atoms with Gasteiger partial charge in [-0.25, -0.2) is 17.3 Å². The van der Waals surface area contributed by atoms with Crippen LogP contribution in [0, 0.1) is 0 Å². The number of hydrogen-bond donors (Lipinski definition) is 12. The molecule has 32 nitrogen and oxygen atoms in total. The molecule has 15 unspecified atom stereocenters. The quantitative estimate of drug-likeness (QED) is 0.0568. The van der Waals surface area contributed by atoms with Crippen LogP contribution in [-0.2, 0) is 97.6 Å².